The van der Waals surface area contributed by atoms with Gasteiger partial charge in [-0.2, -0.15) is 0 Å². The van der Waals surface area contributed by atoms with Crippen molar-refractivity contribution in [2.75, 3.05) is 45.4 Å². The second-order valence-electron chi connectivity index (χ2n) is 3.93. The van der Waals surface area contributed by atoms with Crippen molar-refractivity contribution in [2.24, 2.45) is 0 Å². The van der Waals surface area contributed by atoms with Crippen molar-refractivity contribution in [1.29, 1.82) is 0 Å². The molecule has 1 aromatic rings. The van der Waals surface area contributed by atoms with Gasteiger partial charge in [0.15, 0.2) is 5.78 Å². The molecule has 1 aromatic heterocycles. The predicted octanol–water partition coefficient (Wildman–Crippen LogP) is 1.38. The number of carbonyl (C=O) groups excluding carboxylic acids is 1. The predicted molar refractivity (Wildman–Crippen MR) is 70.2 cm³/mol. The minimum absolute atomic E-state index is 0.0390. The molecule has 0 radical (unpaired) electrons. The van der Waals surface area contributed by atoms with E-state index < -0.39 is 0 Å². The molecule has 1 heterocycles. The molecule has 0 saturated heterocycles. The molecule has 0 aliphatic heterocycles. The number of ketones is 1. The Labute approximate surface area is 108 Å². The summed E-state index contributed by atoms with van der Waals surface area (Å²) in [5.74, 6) is 0.814. The van der Waals surface area contributed by atoms with Crippen LogP contribution >= 0.6 is 0 Å². The SMILES string of the molecule is COCCN(CCOC)c1cc(C(C)=O)ccn1. The Kier molecular flexibility index (Phi) is 6.32. The molecule has 0 spiro atoms. The van der Waals surface area contributed by atoms with Gasteiger partial charge in [-0.05, 0) is 19.1 Å². The van der Waals surface area contributed by atoms with Crippen LogP contribution < -0.4 is 4.90 Å². The summed E-state index contributed by atoms with van der Waals surface area (Å²) in [6.45, 7) is 4.20. The van der Waals surface area contributed by atoms with Gasteiger partial charge in [-0.15, -0.1) is 0 Å². The van der Waals surface area contributed by atoms with Crippen LogP contribution in [0.1, 0.15) is 17.3 Å². The number of Topliss-reactive ketones (excluding diaryl/α,β-unsaturated/α-hetero) is 1. The third kappa shape index (κ3) is 4.43. The minimum Gasteiger partial charge on any atom is -0.383 e. The van der Waals surface area contributed by atoms with Gasteiger partial charge >= 0.3 is 0 Å². The summed E-state index contributed by atoms with van der Waals surface area (Å²) < 4.78 is 10.1. The van der Waals surface area contributed by atoms with Crippen LogP contribution in [-0.4, -0.2) is 51.3 Å². The Morgan fingerprint density at radius 3 is 2.39 bits per heavy atom. The average molecular weight is 252 g/mol. The van der Waals surface area contributed by atoms with E-state index in [0.717, 1.165) is 5.82 Å². The smallest absolute Gasteiger partial charge is 0.159 e. The number of rotatable bonds is 8. The van der Waals surface area contributed by atoms with Gasteiger partial charge in [-0.25, -0.2) is 4.98 Å². The quantitative estimate of drug-likeness (QED) is 0.654. The molecule has 5 nitrogen and oxygen atoms in total. The van der Waals surface area contributed by atoms with Crippen LogP contribution in [0.4, 0.5) is 5.82 Å². The molecule has 0 aliphatic rings. The van der Waals surface area contributed by atoms with Gasteiger partial charge < -0.3 is 14.4 Å². The monoisotopic (exact) mass is 252 g/mol. The number of nitrogens with zero attached hydrogens (tertiary/aromatic N) is 2. The van der Waals surface area contributed by atoms with Gasteiger partial charge in [-0.1, -0.05) is 0 Å². The fraction of sp³-hybridized carbons (Fsp3) is 0.538. The van der Waals surface area contributed by atoms with Crippen molar-refractivity contribution in [3.05, 3.63) is 23.9 Å². The molecule has 1 rings (SSSR count). The molecule has 0 N–H and O–H groups in total. The summed E-state index contributed by atoms with van der Waals surface area (Å²) in [5.41, 5.74) is 0.667. The van der Waals surface area contributed by atoms with E-state index in [-0.39, 0.29) is 5.78 Å². The summed E-state index contributed by atoms with van der Waals surface area (Å²) in [6, 6.07) is 3.52. The molecule has 0 unspecified atom stereocenters. The van der Waals surface area contributed by atoms with E-state index in [9.17, 15) is 4.79 Å². The van der Waals surface area contributed by atoms with Crippen LogP contribution in [-0.2, 0) is 9.47 Å². The number of hydrogen-bond acceptors (Lipinski definition) is 5. The van der Waals surface area contributed by atoms with Crippen molar-refractivity contribution < 1.29 is 14.3 Å². The van der Waals surface area contributed by atoms with Crippen LogP contribution in [0.5, 0.6) is 0 Å². The van der Waals surface area contributed by atoms with Crippen molar-refractivity contribution in [1.82, 2.24) is 4.98 Å². The maximum atomic E-state index is 11.4. The zero-order chi connectivity index (χ0) is 13.4. The summed E-state index contributed by atoms with van der Waals surface area (Å²) in [6.07, 6.45) is 1.65. The highest BCUT2D eigenvalue weighted by Crippen LogP contribution is 2.13. The van der Waals surface area contributed by atoms with E-state index in [1.54, 1.807) is 39.5 Å². The normalized spacial score (nSPS) is 10.4. The molecule has 0 atom stereocenters. The van der Waals surface area contributed by atoms with Crippen molar-refractivity contribution in [2.45, 2.75) is 6.92 Å². The lowest BCUT2D eigenvalue weighted by atomic mass is 10.2. The molecular weight excluding hydrogens is 232 g/mol. The summed E-state index contributed by atoms with van der Waals surface area (Å²) in [7, 11) is 3.32. The second-order valence-corrected chi connectivity index (χ2v) is 3.93. The van der Waals surface area contributed by atoms with E-state index in [1.807, 2.05) is 4.90 Å². The van der Waals surface area contributed by atoms with Crippen LogP contribution in [0.3, 0.4) is 0 Å². The van der Waals surface area contributed by atoms with Crippen LogP contribution in [0.25, 0.3) is 0 Å². The second kappa shape index (κ2) is 7.79. The van der Waals surface area contributed by atoms with E-state index in [4.69, 9.17) is 9.47 Å². The molecule has 18 heavy (non-hydrogen) atoms. The highest BCUT2D eigenvalue weighted by molar-refractivity contribution is 5.94. The fourth-order valence-electron chi connectivity index (χ4n) is 1.55. The molecule has 0 bridgehead atoms. The first kappa shape index (κ1) is 14.6. The van der Waals surface area contributed by atoms with Crippen LogP contribution in [0.15, 0.2) is 18.3 Å². The van der Waals surface area contributed by atoms with E-state index in [1.165, 1.54) is 0 Å². The number of anilines is 1. The highest BCUT2D eigenvalue weighted by Gasteiger charge is 2.09. The largest absolute Gasteiger partial charge is 0.383 e. The van der Waals surface area contributed by atoms with Crippen molar-refractivity contribution >= 4 is 11.6 Å². The van der Waals surface area contributed by atoms with Gasteiger partial charge in [0.05, 0.1) is 13.2 Å². The van der Waals surface area contributed by atoms with Crippen molar-refractivity contribution in [3.8, 4) is 0 Å². The van der Waals surface area contributed by atoms with E-state index >= 15 is 0 Å². The fourth-order valence-corrected chi connectivity index (χ4v) is 1.55. The minimum atomic E-state index is 0.0390. The first-order valence-corrected chi connectivity index (χ1v) is 5.89. The Hall–Kier alpha value is -1.46. The Balaban J connectivity index is 2.82. The molecule has 100 valence electrons. The number of carbonyl (C=O) groups is 1. The zero-order valence-electron chi connectivity index (χ0n) is 11.2. The molecular formula is C13H20N2O3. The lowest BCUT2D eigenvalue weighted by Crippen LogP contribution is -2.31. The standard InChI is InChI=1S/C13H20N2O3/c1-11(16)12-4-5-14-13(10-12)15(6-8-17-2)7-9-18-3/h4-5,10H,6-9H2,1-3H3. The first-order chi connectivity index (χ1) is 8.69. The molecule has 0 saturated carbocycles. The molecule has 0 aromatic carbocycles. The lowest BCUT2D eigenvalue weighted by Gasteiger charge is -2.23. The number of hydrogen-bond donors (Lipinski definition) is 0. The lowest BCUT2D eigenvalue weighted by molar-refractivity contribution is 0.101. The summed E-state index contributed by atoms with van der Waals surface area (Å²) in [5, 5.41) is 0. The van der Waals surface area contributed by atoms with Gasteiger partial charge in [0.1, 0.15) is 5.82 Å². The topological polar surface area (TPSA) is 51.7 Å². The third-order valence-corrected chi connectivity index (χ3v) is 2.61. The Bertz CT molecular complexity index is 374. The number of methoxy groups -OCH3 is 2. The van der Waals surface area contributed by atoms with Crippen LogP contribution in [0, 0.1) is 0 Å². The van der Waals surface area contributed by atoms with Crippen LogP contribution in [0.2, 0.25) is 0 Å². The third-order valence-electron chi connectivity index (χ3n) is 2.61. The molecule has 0 fully saturated rings. The number of pyridine rings is 1. The van der Waals surface area contributed by atoms with E-state index in [2.05, 4.69) is 4.98 Å². The van der Waals surface area contributed by atoms with Gasteiger partial charge in [0, 0.05) is 39.1 Å². The van der Waals surface area contributed by atoms with Crippen molar-refractivity contribution in [3.63, 3.8) is 0 Å². The van der Waals surface area contributed by atoms with E-state index in [0.29, 0.717) is 31.9 Å². The molecule has 0 amide bonds. The summed E-state index contributed by atoms with van der Waals surface area (Å²) in [4.78, 5) is 17.7. The van der Waals surface area contributed by atoms with Gasteiger partial charge in [0.25, 0.3) is 0 Å². The molecule has 0 aliphatic carbocycles. The Morgan fingerprint density at radius 1 is 1.28 bits per heavy atom. The van der Waals surface area contributed by atoms with Gasteiger partial charge in [0.2, 0.25) is 0 Å². The number of aromatic nitrogens is 1. The first-order valence-electron chi connectivity index (χ1n) is 5.89. The van der Waals surface area contributed by atoms with Gasteiger partial charge in [-0.3, -0.25) is 4.79 Å². The maximum absolute atomic E-state index is 11.4. The maximum Gasteiger partial charge on any atom is 0.159 e. The molecule has 5 heteroatoms. The average Bonchev–Trinajstić information content (AvgIpc) is 2.39. The highest BCUT2D eigenvalue weighted by atomic mass is 16.5. The summed E-state index contributed by atoms with van der Waals surface area (Å²) >= 11 is 0. The Morgan fingerprint density at radius 2 is 1.89 bits per heavy atom. The number of ether oxygens (including phenoxy) is 2. The zero-order valence-corrected chi connectivity index (χ0v) is 11.2.